The molecule has 1 atom stereocenters. The summed E-state index contributed by atoms with van der Waals surface area (Å²) in [6.07, 6.45) is 1.56. The second-order valence-corrected chi connectivity index (χ2v) is 6.23. The van der Waals surface area contributed by atoms with Crippen molar-refractivity contribution in [2.24, 2.45) is 0 Å². The van der Waals surface area contributed by atoms with Crippen LogP contribution in [0.3, 0.4) is 0 Å². The number of aromatic nitrogens is 2. The van der Waals surface area contributed by atoms with Crippen molar-refractivity contribution in [1.82, 2.24) is 15.1 Å². The van der Waals surface area contributed by atoms with E-state index in [-0.39, 0.29) is 0 Å². The van der Waals surface area contributed by atoms with Crippen molar-refractivity contribution in [3.8, 4) is 5.69 Å². The lowest BCUT2D eigenvalue weighted by molar-refractivity contribution is -0.155. The zero-order valence-electron chi connectivity index (χ0n) is 12.6. The molecule has 7 nitrogen and oxygen atoms in total. The van der Waals surface area contributed by atoms with Gasteiger partial charge < -0.3 is 15.5 Å². The fraction of sp³-hybridized carbons (Fsp3) is 0.267. The number of carboxylic acids is 1. The third-order valence-electron chi connectivity index (χ3n) is 3.29. The smallest absolute Gasteiger partial charge is 0.337 e. The number of halogens is 1. The van der Waals surface area contributed by atoms with E-state index in [0.29, 0.717) is 11.3 Å². The number of hydrogen-bond donors (Lipinski definition) is 3. The predicted octanol–water partition coefficient (Wildman–Crippen LogP) is 1.51. The van der Waals surface area contributed by atoms with E-state index in [4.69, 9.17) is 5.11 Å². The number of carboxylic acid groups (broad SMARTS) is 1. The summed E-state index contributed by atoms with van der Waals surface area (Å²) in [6.45, 7) is 2.40. The molecule has 8 heteroatoms. The number of nitrogens with zero attached hydrogens (tertiary/aromatic N) is 2. The van der Waals surface area contributed by atoms with Gasteiger partial charge in [-0.15, -0.1) is 0 Å². The fourth-order valence-corrected chi connectivity index (χ4v) is 2.10. The number of aliphatic hydroxyl groups is 1. The van der Waals surface area contributed by atoms with Crippen LogP contribution in [-0.4, -0.2) is 44.0 Å². The Morgan fingerprint density at radius 1 is 1.35 bits per heavy atom. The molecular weight excluding hydrogens is 366 g/mol. The Kier molecular flexibility index (Phi) is 4.86. The van der Waals surface area contributed by atoms with E-state index >= 15 is 0 Å². The topological polar surface area (TPSA) is 104 Å². The van der Waals surface area contributed by atoms with Crippen LogP contribution in [0.2, 0.25) is 0 Å². The van der Waals surface area contributed by atoms with E-state index in [1.165, 1.54) is 0 Å². The van der Waals surface area contributed by atoms with Gasteiger partial charge in [-0.05, 0) is 38.1 Å². The van der Waals surface area contributed by atoms with Crippen molar-refractivity contribution in [2.75, 3.05) is 6.54 Å². The maximum Gasteiger partial charge on any atom is 0.337 e. The summed E-state index contributed by atoms with van der Waals surface area (Å²) in [5, 5.41) is 25.1. The molecule has 0 saturated heterocycles. The highest BCUT2D eigenvalue weighted by Crippen LogP contribution is 2.16. The minimum atomic E-state index is -2.02. The number of carbonyl (C=O) groups is 2. The molecule has 1 aromatic carbocycles. The Balaban J connectivity index is 2.16. The van der Waals surface area contributed by atoms with Gasteiger partial charge in [-0.2, -0.15) is 5.10 Å². The SMILES string of the molecule is Cc1nn(-c2ccc(Br)cc2)cc1C(=O)NCC(C)(O)C(=O)O. The summed E-state index contributed by atoms with van der Waals surface area (Å²) in [5.41, 5.74) is -0.423. The first-order valence-corrected chi connectivity index (χ1v) is 7.56. The highest BCUT2D eigenvalue weighted by Gasteiger charge is 2.30. The van der Waals surface area contributed by atoms with E-state index in [9.17, 15) is 14.7 Å². The summed E-state index contributed by atoms with van der Waals surface area (Å²) in [4.78, 5) is 23.0. The number of hydrogen-bond acceptors (Lipinski definition) is 4. The first kappa shape index (κ1) is 17.2. The standard InChI is InChI=1S/C15H16BrN3O4/c1-9-12(13(20)17-8-15(2,23)14(21)22)7-19(18-9)11-5-3-10(16)4-6-11/h3-7,23H,8H2,1-2H3,(H,17,20)(H,21,22). The molecule has 0 radical (unpaired) electrons. The Morgan fingerprint density at radius 3 is 2.52 bits per heavy atom. The van der Waals surface area contributed by atoms with Crippen LogP contribution in [-0.2, 0) is 4.79 Å². The van der Waals surface area contributed by atoms with Crippen LogP contribution in [0.25, 0.3) is 5.69 Å². The van der Waals surface area contributed by atoms with Gasteiger partial charge >= 0.3 is 5.97 Å². The van der Waals surface area contributed by atoms with Crippen molar-refractivity contribution < 1.29 is 19.8 Å². The van der Waals surface area contributed by atoms with Crippen LogP contribution in [0.5, 0.6) is 0 Å². The summed E-state index contributed by atoms with van der Waals surface area (Å²) in [7, 11) is 0. The van der Waals surface area contributed by atoms with Crippen molar-refractivity contribution in [1.29, 1.82) is 0 Å². The minimum Gasteiger partial charge on any atom is -0.479 e. The lowest BCUT2D eigenvalue weighted by Crippen LogP contribution is -2.46. The molecule has 0 fully saturated rings. The number of aryl methyl sites for hydroxylation is 1. The van der Waals surface area contributed by atoms with Crippen LogP contribution in [0.1, 0.15) is 23.0 Å². The summed E-state index contributed by atoms with van der Waals surface area (Å²) >= 11 is 3.35. The lowest BCUT2D eigenvalue weighted by atomic mass is 10.1. The lowest BCUT2D eigenvalue weighted by Gasteiger charge is -2.17. The molecule has 0 aliphatic rings. The molecule has 0 saturated carbocycles. The second-order valence-electron chi connectivity index (χ2n) is 5.31. The molecule has 0 bridgehead atoms. The van der Waals surface area contributed by atoms with Gasteiger partial charge in [-0.1, -0.05) is 15.9 Å². The number of benzene rings is 1. The summed E-state index contributed by atoms with van der Waals surface area (Å²) < 4.78 is 2.49. The number of aliphatic carboxylic acids is 1. The van der Waals surface area contributed by atoms with E-state index in [1.54, 1.807) is 17.8 Å². The van der Waals surface area contributed by atoms with Crippen molar-refractivity contribution in [2.45, 2.75) is 19.4 Å². The van der Waals surface area contributed by atoms with Crippen LogP contribution >= 0.6 is 15.9 Å². The zero-order valence-corrected chi connectivity index (χ0v) is 14.2. The minimum absolute atomic E-state index is 0.314. The quantitative estimate of drug-likeness (QED) is 0.727. The average Bonchev–Trinajstić information content (AvgIpc) is 2.87. The van der Waals surface area contributed by atoms with Gasteiger partial charge in [0, 0.05) is 10.7 Å². The molecule has 1 heterocycles. The molecule has 2 rings (SSSR count). The Hall–Kier alpha value is -2.19. The maximum atomic E-state index is 12.2. The number of amides is 1. The summed E-state index contributed by atoms with van der Waals surface area (Å²) in [6, 6.07) is 7.40. The van der Waals surface area contributed by atoms with Crippen LogP contribution < -0.4 is 5.32 Å². The van der Waals surface area contributed by atoms with Crippen LogP contribution in [0, 0.1) is 6.92 Å². The molecule has 3 N–H and O–H groups in total. The first-order valence-electron chi connectivity index (χ1n) is 6.77. The zero-order chi connectivity index (χ0) is 17.2. The van der Waals surface area contributed by atoms with E-state index in [1.807, 2.05) is 24.3 Å². The van der Waals surface area contributed by atoms with Gasteiger partial charge in [0.2, 0.25) is 0 Å². The molecule has 0 aliphatic heterocycles. The van der Waals surface area contributed by atoms with Crippen molar-refractivity contribution >= 4 is 27.8 Å². The highest BCUT2D eigenvalue weighted by molar-refractivity contribution is 9.10. The van der Waals surface area contributed by atoms with E-state index in [0.717, 1.165) is 17.1 Å². The number of carbonyl (C=O) groups excluding carboxylic acids is 1. The normalized spacial score (nSPS) is 13.4. The largest absolute Gasteiger partial charge is 0.479 e. The average molecular weight is 382 g/mol. The van der Waals surface area contributed by atoms with Gasteiger partial charge in [-0.3, -0.25) is 4.79 Å². The number of rotatable bonds is 5. The van der Waals surface area contributed by atoms with Crippen LogP contribution in [0.4, 0.5) is 0 Å². The molecule has 1 unspecified atom stereocenters. The second kappa shape index (κ2) is 6.51. The molecule has 0 aliphatic carbocycles. The van der Waals surface area contributed by atoms with Gasteiger partial charge in [0.25, 0.3) is 5.91 Å². The first-order chi connectivity index (χ1) is 10.7. The molecule has 1 amide bonds. The van der Waals surface area contributed by atoms with Crippen molar-refractivity contribution in [3.05, 3.63) is 46.2 Å². The Bertz CT molecular complexity index is 738. The third-order valence-corrected chi connectivity index (χ3v) is 3.82. The monoisotopic (exact) mass is 381 g/mol. The van der Waals surface area contributed by atoms with Gasteiger partial charge in [-0.25, -0.2) is 9.48 Å². The molecular formula is C15H16BrN3O4. The fourth-order valence-electron chi connectivity index (χ4n) is 1.83. The summed E-state index contributed by atoms with van der Waals surface area (Å²) in [5.74, 6) is -1.90. The van der Waals surface area contributed by atoms with E-state index in [2.05, 4.69) is 26.3 Å². The maximum absolute atomic E-state index is 12.2. The van der Waals surface area contributed by atoms with Gasteiger partial charge in [0.1, 0.15) is 0 Å². The van der Waals surface area contributed by atoms with Gasteiger partial charge in [0.05, 0.1) is 23.5 Å². The van der Waals surface area contributed by atoms with Gasteiger partial charge in [0.15, 0.2) is 5.60 Å². The Morgan fingerprint density at radius 2 is 1.96 bits per heavy atom. The molecule has 0 spiro atoms. The molecule has 1 aromatic heterocycles. The highest BCUT2D eigenvalue weighted by atomic mass is 79.9. The molecule has 122 valence electrons. The van der Waals surface area contributed by atoms with E-state index < -0.39 is 24.0 Å². The van der Waals surface area contributed by atoms with Crippen LogP contribution in [0.15, 0.2) is 34.9 Å². The molecule has 23 heavy (non-hydrogen) atoms. The third kappa shape index (κ3) is 3.96. The van der Waals surface area contributed by atoms with Crippen molar-refractivity contribution in [3.63, 3.8) is 0 Å². The Labute approximate surface area is 141 Å². The predicted molar refractivity (Wildman–Crippen MR) is 86.6 cm³/mol. The molecule has 2 aromatic rings. The number of nitrogens with one attached hydrogen (secondary N) is 1.